The molecular weight excluding hydrogens is 457 g/mol. The van der Waals surface area contributed by atoms with E-state index in [1.165, 1.54) is 16.4 Å². The van der Waals surface area contributed by atoms with Gasteiger partial charge in [-0.15, -0.1) is 0 Å². The van der Waals surface area contributed by atoms with Crippen molar-refractivity contribution in [3.05, 3.63) is 35.6 Å². The first-order valence-electron chi connectivity index (χ1n) is 12.2. The first-order valence-corrected chi connectivity index (χ1v) is 13.8. The molecule has 0 bridgehead atoms. The van der Waals surface area contributed by atoms with Crippen molar-refractivity contribution >= 4 is 21.8 Å². The predicted molar refractivity (Wildman–Crippen MR) is 132 cm³/mol. The molecule has 1 aliphatic heterocycles. The Morgan fingerprint density at radius 2 is 1.65 bits per heavy atom. The van der Waals surface area contributed by atoms with Crippen LogP contribution in [0.4, 0.5) is 4.39 Å². The van der Waals surface area contributed by atoms with Crippen LogP contribution in [0.15, 0.2) is 24.3 Å². The molecule has 1 saturated heterocycles. The van der Waals surface area contributed by atoms with E-state index in [2.05, 4.69) is 0 Å². The zero-order chi connectivity index (χ0) is 25.5. The van der Waals surface area contributed by atoms with E-state index in [0.717, 1.165) is 5.56 Å². The van der Waals surface area contributed by atoms with Gasteiger partial charge in [-0.3, -0.25) is 9.59 Å². The predicted octanol–water partition coefficient (Wildman–Crippen LogP) is 3.64. The van der Waals surface area contributed by atoms with E-state index in [0.29, 0.717) is 38.8 Å². The lowest BCUT2D eigenvalue weighted by atomic mass is 9.92. The molecule has 0 aromatic heterocycles. The minimum Gasteiger partial charge on any atom is -0.342 e. The minimum absolute atomic E-state index is 0.00550. The summed E-state index contributed by atoms with van der Waals surface area (Å²) in [5.41, 5.74) is 0.312. The molecule has 9 heteroatoms. The van der Waals surface area contributed by atoms with E-state index in [9.17, 15) is 22.4 Å². The molecule has 0 aliphatic carbocycles. The largest absolute Gasteiger partial charge is 0.342 e. The topological polar surface area (TPSA) is 78.0 Å². The highest BCUT2D eigenvalue weighted by Gasteiger charge is 2.34. The fourth-order valence-electron chi connectivity index (χ4n) is 4.26. The van der Waals surface area contributed by atoms with Crippen molar-refractivity contribution in [2.24, 2.45) is 5.41 Å². The Morgan fingerprint density at radius 3 is 2.15 bits per heavy atom. The maximum atomic E-state index is 13.5. The van der Waals surface area contributed by atoms with Crippen molar-refractivity contribution in [3.63, 3.8) is 0 Å². The van der Waals surface area contributed by atoms with Crippen LogP contribution in [0.3, 0.4) is 0 Å². The van der Waals surface area contributed by atoms with Gasteiger partial charge in [-0.25, -0.2) is 12.8 Å². The van der Waals surface area contributed by atoms with Gasteiger partial charge in [0.25, 0.3) is 0 Å². The van der Waals surface area contributed by atoms with Gasteiger partial charge < -0.3 is 9.80 Å². The third kappa shape index (κ3) is 7.77. The normalized spacial score (nSPS) is 15.6. The number of halogens is 1. The number of carbonyl (C=O) groups excluding carboxylic acids is 2. The molecule has 34 heavy (non-hydrogen) atoms. The van der Waals surface area contributed by atoms with E-state index in [1.54, 1.807) is 24.0 Å². The van der Waals surface area contributed by atoms with Crippen LogP contribution in [-0.4, -0.2) is 72.3 Å². The summed E-state index contributed by atoms with van der Waals surface area (Å²) in [6, 6.07) is 5.88. The molecule has 192 valence electrons. The van der Waals surface area contributed by atoms with Crippen molar-refractivity contribution in [2.45, 2.75) is 72.9 Å². The summed E-state index contributed by atoms with van der Waals surface area (Å²) >= 11 is 0. The fraction of sp³-hybridized carbons (Fsp3) is 0.680. The number of amides is 2. The van der Waals surface area contributed by atoms with Crippen molar-refractivity contribution in [2.75, 3.05) is 31.9 Å². The van der Waals surface area contributed by atoms with Gasteiger partial charge in [0.2, 0.25) is 21.8 Å². The van der Waals surface area contributed by atoms with Crippen LogP contribution in [-0.2, 0) is 26.2 Å². The Hall–Kier alpha value is -2.00. The van der Waals surface area contributed by atoms with Crippen LogP contribution in [0.1, 0.15) is 65.9 Å². The van der Waals surface area contributed by atoms with Gasteiger partial charge in [-0.05, 0) is 43.4 Å². The maximum absolute atomic E-state index is 13.5. The summed E-state index contributed by atoms with van der Waals surface area (Å²) in [5.74, 6) is -0.526. The highest BCUT2D eigenvalue weighted by atomic mass is 32.2. The van der Waals surface area contributed by atoms with Gasteiger partial charge in [0.15, 0.2) is 0 Å². The lowest BCUT2D eigenvalue weighted by Crippen LogP contribution is -2.52. The van der Waals surface area contributed by atoms with E-state index < -0.39 is 15.4 Å². The van der Waals surface area contributed by atoms with Gasteiger partial charge in [0.1, 0.15) is 5.82 Å². The van der Waals surface area contributed by atoms with E-state index in [4.69, 9.17) is 0 Å². The summed E-state index contributed by atoms with van der Waals surface area (Å²) in [5, 5.41) is 0. The number of piperidine rings is 1. The number of nitrogens with zero attached hydrogens (tertiary/aromatic N) is 3. The fourth-order valence-corrected chi connectivity index (χ4v) is 5.80. The summed E-state index contributed by atoms with van der Waals surface area (Å²) in [4.78, 5) is 29.7. The monoisotopic (exact) mass is 497 g/mol. The molecule has 0 unspecified atom stereocenters. The van der Waals surface area contributed by atoms with E-state index >= 15 is 0 Å². The van der Waals surface area contributed by atoms with Gasteiger partial charge in [-0.1, -0.05) is 46.8 Å². The molecule has 0 N–H and O–H groups in total. The van der Waals surface area contributed by atoms with E-state index in [1.807, 2.05) is 32.6 Å². The zero-order valence-electron chi connectivity index (χ0n) is 21.2. The van der Waals surface area contributed by atoms with Crippen LogP contribution in [0.25, 0.3) is 0 Å². The molecule has 1 aromatic carbocycles. The first-order chi connectivity index (χ1) is 15.9. The first kappa shape index (κ1) is 28.2. The quantitative estimate of drug-likeness (QED) is 0.494. The zero-order valence-corrected chi connectivity index (χ0v) is 22.0. The molecule has 7 nitrogen and oxygen atoms in total. The Morgan fingerprint density at radius 1 is 1.06 bits per heavy atom. The number of rotatable bonds is 10. The molecule has 0 atom stereocenters. The Bertz CT molecular complexity index is 920. The second kappa shape index (κ2) is 12.1. The van der Waals surface area contributed by atoms with Gasteiger partial charge in [-0.2, -0.15) is 4.31 Å². The average Bonchev–Trinajstić information content (AvgIpc) is 2.77. The molecule has 1 heterocycles. The lowest BCUT2D eigenvalue weighted by molar-refractivity contribution is -0.142. The smallest absolute Gasteiger partial charge is 0.238 e. The highest BCUT2D eigenvalue weighted by molar-refractivity contribution is 7.89. The van der Waals surface area contributed by atoms with Gasteiger partial charge >= 0.3 is 0 Å². The molecule has 0 saturated carbocycles. The molecular formula is C25H40FN3O4S. The summed E-state index contributed by atoms with van der Waals surface area (Å²) in [6.07, 6.45) is 2.33. The van der Waals surface area contributed by atoms with Gasteiger partial charge in [0, 0.05) is 37.6 Å². The number of likely N-dealkylation sites (tertiary alicyclic amines) is 1. The third-order valence-electron chi connectivity index (χ3n) is 6.06. The Labute approximate surface area is 204 Å². The molecule has 0 radical (unpaired) electrons. The van der Waals surface area contributed by atoms with Crippen LogP contribution in [0.5, 0.6) is 0 Å². The summed E-state index contributed by atoms with van der Waals surface area (Å²) < 4.78 is 40.2. The second-order valence-electron chi connectivity index (χ2n) is 10.1. The number of hydrogen-bond donors (Lipinski definition) is 0. The lowest BCUT2D eigenvalue weighted by Gasteiger charge is -2.41. The number of hydrogen-bond acceptors (Lipinski definition) is 4. The second-order valence-corrected chi connectivity index (χ2v) is 12.2. The molecule has 1 fully saturated rings. The van der Waals surface area contributed by atoms with Crippen molar-refractivity contribution in [1.82, 2.24) is 14.1 Å². The van der Waals surface area contributed by atoms with Crippen LogP contribution in [0, 0.1) is 11.2 Å². The number of benzene rings is 1. The summed E-state index contributed by atoms with van der Waals surface area (Å²) in [6.45, 7) is 10.8. The Kier molecular flexibility index (Phi) is 10.1. The van der Waals surface area contributed by atoms with Crippen molar-refractivity contribution in [3.8, 4) is 0 Å². The molecule has 1 aromatic rings. The Balaban J connectivity index is 2.23. The van der Waals surface area contributed by atoms with Crippen LogP contribution >= 0.6 is 0 Å². The standard InChI is InChI=1S/C25H40FN3O4S/c1-6-14-28(34(32,33)17-7-2)19-23(30)29(18-20-8-10-21(26)11-9-20)22-12-15-27(16-13-22)24(31)25(3,4)5/h8-11,22H,6-7,12-19H2,1-5H3. The van der Waals surface area contributed by atoms with Crippen molar-refractivity contribution in [1.29, 1.82) is 0 Å². The number of sulfonamides is 1. The summed E-state index contributed by atoms with van der Waals surface area (Å²) in [7, 11) is -3.53. The van der Waals surface area contributed by atoms with Crippen LogP contribution < -0.4 is 0 Å². The van der Waals surface area contributed by atoms with Crippen LogP contribution in [0.2, 0.25) is 0 Å². The third-order valence-corrected chi connectivity index (χ3v) is 8.08. The highest BCUT2D eigenvalue weighted by Crippen LogP contribution is 2.25. The maximum Gasteiger partial charge on any atom is 0.238 e. The molecule has 2 amide bonds. The molecule has 1 aliphatic rings. The molecule has 2 rings (SSSR count). The number of carbonyl (C=O) groups is 2. The van der Waals surface area contributed by atoms with E-state index in [-0.39, 0.29) is 49.1 Å². The SMILES string of the molecule is CCCN(CC(=O)N(Cc1ccc(F)cc1)C1CCN(C(=O)C(C)(C)C)CC1)S(=O)(=O)CCC. The van der Waals surface area contributed by atoms with Crippen molar-refractivity contribution < 1.29 is 22.4 Å². The van der Waals surface area contributed by atoms with Gasteiger partial charge in [0.05, 0.1) is 12.3 Å². The minimum atomic E-state index is -3.53. The average molecular weight is 498 g/mol. The molecule has 0 spiro atoms.